The van der Waals surface area contributed by atoms with Crippen LogP contribution >= 0.6 is 0 Å². The third-order valence-electron chi connectivity index (χ3n) is 3.95. The van der Waals surface area contributed by atoms with Gasteiger partial charge in [0.2, 0.25) is 0 Å². The zero-order chi connectivity index (χ0) is 13.4. The molecule has 2 atom stereocenters. The number of rotatable bonds is 3. The molecule has 0 aromatic carbocycles. The minimum atomic E-state index is -0.750. The fourth-order valence-electron chi connectivity index (χ4n) is 3.84. The van der Waals surface area contributed by atoms with Crippen LogP contribution in [0, 0.1) is 11.3 Å². The summed E-state index contributed by atoms with van der Waals surface area (Å²) in [6.07, 6.45) is 7.70. The molecule has 1 saturated carbocycles. The van der Waals surface area contributed by atoms with Crippen molar-refractivity contribution in [3.8, 4) is 0 Å². The van der Waals surface area contributed by atoms with Gasteiger partial charge in [0.25, 0.3) is 0 Å². The molecule has 1 fully saturated rings. The van der Waals surface area contributed by atoms with Crippen molar-refractivity contribution in [1.29, 1.82) is 0 Å². The number of aromatic nitrogens is 2. The lowest BCUT2D eigenvalue weighted by atomic mass is 9.65. The van der Waals surface area contributed by atoms with Gasteiger partial charge in [0.05, 0.1) is 0 Å². The fourth-order valence-corrected chi connectivity index (χ4v) is 3.84. The molecule has 102 valence electrons. The van der Waals surface area contributed by atoms with E-state index in [1.165, 1.54) is 6.42 Å². The standard InChI is InChI=1S/C15H26N2O/c1-5-7-17-8-6-16-13(17)15(18)10-12(2)9-14(3,4)11-15/h6,8,12,18H,5,7,9-11H2,1-4H3. The second-order valence-electron chi connectivity index (χ2n) is 6.83. The van der Waals surface area contributed by atoms with Gasteiger partial charge in [0.1, 0.15) is 11.4 Å². The highest BCUT2D eigenvalue weighted by Crippen LogP contribution is 2.48. The van der Waals surface area contributed by atoms with E-state index in [1.54, 1.807) is 0 Å². The number of hydrogen-bond donors (Lipinski definition) is 1. The third kappa shape index (κ3) is 2.61. The van der Waals surface area contributed by atoms with Gasteiger partial charge >= 0.3 is 0 Å². The van der Waals surface area contributed by atoms with Crippen molar-refractivity contribution in [2.45, 2.75) is 65.5 Å². The van der Waals surface area contributed by atoms with Gasteiger partial charge in [-0.05, 0) is 37.0 Å². The van der Waals surface area contributed by atoms with E-state index < -0.39 is 5.60 Å². The summed E-state index contributed by atoms with van der Waals surface area (Å²) in [6, 6.07) is 0. The highest BCUT2D eigenvalue weighted by Gasteiger charge is 2.44. The van der Waals surface area contributed by atoms with Gasteiger partial charge in [-0.1, -0.05) is 27.7 Å². The molecular formula is C15H26N2O. The van der Waals surface area contributed by atoms with Crippen LogP contribution < -0.4 is 0 Å². The molecule has 1 aliphatic rings. The number of hydrogen-bond acceptors (Lipinski definition) is 2. The Labute approximate surface area is 110 Å². The van der Waals surface area contributed by atoms with Gasteiger partial charge in [-0.2, -0.15) is 0 Å². The molecule has 18 heavy (non-hydrogen) atoms. The Morgan fingerprint density at radius 1 is 1.44 bits per heavy atom. The number of aliphatic hydroxyl groups is 1. The Bertz CT molecular complexity index is 410. The van der Waals surface area contributed by atoms with Gasteiger partial charge in [-0.15, -0.1) is 0 Å². The first kappa shape index (κ1) is 13.6. The van der Waals surface area contributed by atoms with Crippen LogP contribution in [-0.2, 0) is 12.1 Å². The van der Waals surface area contributed by atoms with E-state index in [2.05, 4.69) is 37.2 Å². The second-order valence-corrected chi connectivity index (χ2v) is 6.83. The zero-order valence-electron chi connectivity index (χ0n) is 12.1. The quantitative estimate of drug-likeness (QED) is 0.893. The molecule has 3 nitrogen and oxygen atoms in total. The summed E-state index contributed by atoms with van der Waals surface area (Å²) in [6.45, 7) is 9.83. The molecule has 2 unspecified atom stereocenters. The first-order valence-electron chi connectivity index (χ1n) is 7.10. The van der Waals surface area contributed by atoms with Crippen LogP contribution in [0.3, 0.4) is 0 Å². The Kier molecular flexibility index (Phi) is 3.54. The Morgan fingerprint density at radius 2 is 2.17 bits per heavy atom. The smallest absolute Gasteiger partial charge is 0.140 e. The summed E-state index contributed by atoms with van der Waals surface area (Å²) in [7, 11) is 0. The van der Waals surface area contributed by atoms with Gasteiger partial charge in [-0.25, -0.2) is 4.98 Å². The minimum absolute atomic E-state index is 0.190. The van der Waals surface area contributed by atoms with Crippen LogP contribution in [0.2, 0.25) is 0 Å². The summed E-state index contributed by atoms with van der Waals surface area (Å²) in [5.41, 5.74) is -0.560. The summed E-state index contributed by atoms with van der Waals surface area (Å²) < 4.78 is 2.12. The van der Waals surface area contributed by atoms with Crippen LogP contribution in [0.5, 0.6) is 0 Å². The van der Waals surface area contributed by atoms with E-state index in [4.69, 9.17) is 0 Å². The number of nitrogens with zero attached hydrogens (tertiary/aromatic N) is 2. The van der Waals surface area contributed by atoms with Gasteiger partial charge in [0.15, 0.2) is 0 Å². The van der Waals surface area contributed by atoms with Crippen molar-refractivity contribution < 1.29 is 5.11 Å². The van der Waals surface area contributed by atoms with Crippen LogP contribution in [0.4, 0.5) is 0 Å². The molecule has 0 radical (unpaired) electrons. The molecular weight excluding hydrogens is 224 g/mol. The van der Waals surface area contributed by atoms with Gasteiger partial charge in [0, 0.05) is 18.9 Å². The molecule has 2 rings (SSSR count). The van der Waals surface area contributed by atoms with Crippen molar-refractivity contribution in [2.24, 2.45) is 11.3 Å². The van der Waals surface area contributed by atoms with E-state index >= 15 is 0 Å². The van der Waals surface area contributed by atoms with Crippen molar-refractivity contribution in [3.63, 3.8) is 0 Å². The maximum Gasteiger partial charge on any atom is 0.140 e. The largest absolute Gasteiger partial charge is 0.382 e. The van der Waals surface area contributed by atoms with E-state index in [0.717, 1.165) is 31.6 Å². The Hall–Kier alpha value is -0.830. The van der Waals surface area contributed by atoms with Gasteiger partial charge < -0.3 is 9.67 Å². The lowest BCUT2D eigenvalue weighted by Crippen LogP contribution is -2.41. The van der Waals surface area contributed by atoms with Crippen LogP contribution in [0.15, 0.2) is 12.4 Å². The topological polar surface area (TPSA) is 38.0 Å². The molecule has 1 aliphatic carbocycles. The molecule has 1 heterocycles. The van der Waals surface area contributed by atoms with Crippen LogP contribution in [0.25, 0.3) is 0 Å². The monoisotopic (exact) mass is 250 g/mol. The predicted molar refractivity (Wildman–Crippen MR) is 73.2 cm³/mol. The average molecular weight is 250 g/mol. The van der Waals surface area contributed by atoms with E-state index in [1.807, 2.05) is 12.4 Å². The SMILES string of the molecule is CCCn1ccnc1C1(O)CC(C)CC(C)(C)C1. The first-order valence-corrected chi connectivity index (χ1v) is 7.10. The summed E-state index contributed by atoms with van der Waals surface area (Å²) in [5, 5.41) is 11.1. The highest BCUT2D eigenvalue weighted by atomic mass is 16.3. The van der Waals surface area contributed by atoms with E-state index in [9.17, 15) is 5.11 Å². The minimum Gasteiger partial charge on any atom is -0.382 e. The Morgan fingerprint density at radius 3 is 2.78 bits per heavy atom. The molecule has 0 spiro atoms. The lowest BCUT2D eigenvalue weighted by Gasteiger charge is -2.44. The number of aryl methyl sites for hydroxylation is 1. The maximum atomic E-state index is 11.1. The van der Waals surface area contributed by atoms with E-state index in [-0.39, 0.29) is 5.41 Å². The lowest BCUT2D eigenvalue weighted by molar-refractivity contribution is -0.0720. The molecule has 0 bridgehead atoms. The third-order valence-corrected chi connectivity index (χ3v) is 3.95. The maximum absolute atomic E-state index is 11.1. The van der Waals surface area contributed by atoms with Crippen molar-refractivity contribution >= 4 is 0 Å². The average Bonchev–Trinajstić information content (AvgIpc) is 2.62. The summed E-state index contributed by atoms with van der Waals surface area (Å²) >= 11 is 0. The normalized spacial score (nSPS) is 31.5. The van der Waals surface area contributed by atoms with Crippen molar-refractivity contribution in [1.82, 2.24) is 9.55 Å². The van der Waals surface area contributed by atoms with E-state index in [0.29, 0.717) is 5.92 Å². The van der Waals surface area contributed by atoms with Crippen LogP contribution in [0.1, 0.15) is 59.2 Å². The zero-order valence-corrected chi connectivity index (χ0v) is 12.1. The fraction of sp³-hybridized carbons (Fsp3) is 0.800. The Balaban J connectivity index is 2.31. The van der Waals surface area contributed by atoms with Crippen LogP contribution in [-0.4, -0.2) is 14.7 Å². The van der Waals surface area contributed by atoms with Crippen molar-refractivity contribution in [3.05, 3.63) is 18.2 Å². The molecule has 0 saturated heterocycles. The molecule has 0 amide bonds. The summed E-state index contributed by atoms with van der Waals surface area (Å²) in [4.78, 5) is 4.44. The molecule has 1 aromatic heterocycles. The molecule has 1 aromatic rings. The van der Waals surface area contributed by atoms with Crippen molar-refractivity contribution in [2.75, 3.05) is 0 Å². The highest BCUT2D eigenvalue weighted by molar-refractivity contribution is 5.09. The predicted octanol–water partition coefficient (Wildman–Crippen LogP) is 3.33. The first-order chi connectivity index (χ1) is 8.36. The molecule has 3 heteroatoms. The van der Waals surface area contributed by atoms with Gasteiger partial charge in [-0.3, -0.25) is 0 Å². The second kappa shape index (κ2) is 4.69. The number of imidazole rings is 1. The molecule has 1 N–H and O–H groups in total. The summed E-state index contributed by atoms with van der Waals surface area (Å²) in [5.74, 6) is 1.41. The molecule has 0 aliphatic heterocycles.